The molecule has 5 nitrogen and oxygen atoms in total. The second-order valence-electron chi connectivity index (χ2n) is 6.40. The van der Waals surface area contributed by atoms with Gasteiger partial charge in [0.2, 0.25) is 0 Å². The summed E-state index contributed by atoms with van der Waals surface area (Å²) in [6, 6.07) is 0. The summed E-state index contributed by atoms with van der Waals surface area (Å²) in [5.74, 6) is -1.06. The minimum Gasteiger partial charge on any atom is -0.479 e. The van der Waals surface area contributed by atoms with Crippen LogP contribution in [0, 0.1) is 5.92 Å². The Balaban J connectivity index is 2.87. The fourth-order valence-corrected chi connectivity index (χ4v) is 2.57. The van der Waals surface area contributed by atoms with Crippen molar-refractivity contribution in [1.82, 2.24) is 5.32 Å². The molecule has 19 heavy (non-hydrogen) atoms. The molecule has 2 N–H and O–H groups in total. The van der Waals surface area contributed by atoms with Gasteiger partial charge in [-0.1, -0.05) is 26.2 Å². The summed E-state index contributed by atoms with van der Waals surface area (Å²) in [4.78, 5) is 23.6. The number of carbonyl (C=O) groups excluding carboxylic acids is 1. The minimum absolute atomic E-state index is 0.0972. The highest BCUT2D eigenvalue weighted by Crippen LogP contribution is 2.33. The van der Waals surface area contributed by atoms with E-state index in [-0.39, 0.29) is 5.92 Å². The summed E-state index contributed by atoms with van der Waals surface area (Å²) >= 11 is 0. The van der Waals surface area contributed by atoms with Crippen molar-refractivity contribution >= 4 is 12.1 Å². The van der Waals surface area contributed by atoms with E-state index in [1.165, 1.54) is 0 Å². The Morgan fingerprint density at radius 3 is 2.42 bits per heavy atom. The van der Waals surface area contributed by atoms with Gasteiger partial charge in [-0.3, -0.25) is 0 Å². The van der Waals surface area contributed by atoms with E-state index in [0.717, 1.165) is 25.7 Å². The average molecular weight is 271 g/mol. The Morgan fingerprint density at radius 2 is 1.89 bits per heavy atom. The third-order valence-corrected chi connectivity index (χ3v) is 3.66. The largest absolute Gasteiger partial charge is 0.479 e. The number of hydrogen-bond acceptors (Lipinski definition) is 3. The van der Waals surface area contributed by atoms with Crippen molar-refractivity contribution in [3.63, 3.8) is 0 Å². The van der Waals surface area contributed by atoms with Crippen LogP contribution in [0.4, 0.5) is 4.79 Å². The van der Waals surface area contributed by atoms with Crippen LogP contribution >= 0.6 is 0 Å². The Hall–Kier alpha value is -1.26. The van der Waals surface area contributed by atoms with Crippen LogP contribution in [0.1, 0.15) is 59.8 Å². The van der Waals surface area contributed by atoms with Crippen molar-refractivity contribution in [3.8, 4) is 0 Å². The number of carboxylic acid groups (broad SMARTS) is 1. The smallest absolute Gasteiger partial charge is 0.408 e. The Bertz CT molecular complexity index is 348. The molecule has 1 saturated carbocycles. The highest BCUT2D eigenvalue weighted by molar-refractivity contribution is 5.84. The van der Waals surface area contributed by atoms with E-state index in [0.29, 0.717) is 6.42 Å². The summed E-state index contributed by atoms with van der Waals surface area (Å²) in [5.41, 5.74) is -1.82. The first-order chi connectivity index (χ1) is 8.67. The van der Waals surface area contributed by atoms with Crippen molar-refractivity contribution in [1.29, 1.82) is 0 Å². The Labute approximate surface area is 114 Å². The monoisotopic (exact) mass is 271 g/mol. The lowest BCUT2D eigenvalue weighted by Crippen LogP contribution is -2.59. The van der Waals surface area contributed by atoms with Gasteiger partial charge in [0.05, 0.1) is 0 Å². The number of aliphatic carboxylic acids is 1. The molecule has 1 amide bonds. The highest BCUT2D eigenvalue weighted by Gasteiger charge is 2.46. The van der Waals surface area contributed by atoms with Crippen molar-refractivity contribution in [2.75, 3.05) is 0 Å². The SMILES string of the molecule is CC1CCCCCC1(NC(=O)OC(C)(C)C)C(=O)O. The van der Waals surface area contributed by atoms with Crippen LogP contribution in [-0.2, 0) is 9.53 Å². The minimum atomic E-state index is -1.20. The van der Waals surface area contributed by atoms with Gasteiger partial charge >= 0.3 is 12.1 Å². The molecule has 0 saturated heterocycles. The van der Waals surface area contributed by atoms with Crippen LogP contribution < -0.4 is 5.32 Å². The first kappa shape index (κ1) is 15.8. The van der Waals surface area contributed by atoms with Crippen LogP contribution in [0.3, 0.4) is 0 Å². The molecule has 0 heterocycles. The maximum Gasteiger partial charge on any atom is 0.408 e. The van der Waals surface area contributed by atoms with E-state index in [2.05, 4.69) is 5.32 Å². The normalized spacial score (nSPS) is 28.3. The van der Waals surface area contributed by atoms with Gasteiger partial charge in [-0.2, -0.15) is 0 Å². The third-order valence-electron chi connectivity index (χ3n) is 3.66. The van der Waals surface area contributed by atoms with Gasteiger partial charge in [0.1, 0.15) is 11.1 Å². The topological polar surface area (TPSA) is 75.6 Å². The van der Waals surface area contributed by atoms with Crippen molar-refractivity contribution < 1.29 is 19.4 Å². The number of rotatable bonds is 2. The van der Waals surface area contributed by atoms with E-state index in [1.807, 2.05) is 6.92 Å². The van der Waals surface area contributed by atoms with Crippen molar-refractivity contribution in [3.05, 3.63) is 0 Å². The first-order valence-corrected chi connectivity index (χ1v) is 6.92. The highest BCUT2D eigenvalue weighted by atomic mass is 16.6. The van der Waals surface area contributed by atoms with E-state index < -0.39 is 23.2 Å². The van der Waals surface area contributed by atoms with Crippen LogP contribution in [0.5, 0.6) is 0 Å². The van der Waals surface area contributed by atoms with Crippen molar-refractivity contribution in [2.24, 2.45) is 5.92 Å². The molecule has 1 rings (SSSR count). The predicted octanol–water partition coefficient (Wildman–Crippen LogP) is 2.93. The summed E-state index contributed by atoms with van der Waals surface area (Å²) in [6.07, 6.45) is 3.45. The second-order valence-corrected chi connectivity index (χ2v) is 6.40. The molecular weight excluding hydrogens is 246 g/mol. The van der Waals surface area contributed by atoms with Crippen LogP contribution in [0.25, 0.3) is 0 Å². The number of nitrogens with one attached hydrogen (secondary N) is 1. The third kappa shape index (κ3) is 4.11. The maximum absolute atomic E-state index is 11.9. The Morgan fingerprint density at radius 1 is 1.26 bits per heavy atom. The number of amides is 1. The average Bonchev–Trinajstić information content (AvgIpc) is 2.39. The molecule has 0 aromatic heterocycles. The molecule has 2 unspecified atom stereocenters. The van der Waals surface area contributed by atoms with Gasteiger partial charge in [-0.25, -0.2) is 9.59 Å². The molecule has 5 heteroatoms. The predicted molar refractivity (Wildman–Crippen MR) is 72.0 cm³/mol. The molecule has 0 aliphatic heterocycles. The number of alkyl carbamates (subject to hydrolysis) is 1. The number of carbonyl (C=O) groups is 2. The standard InChI is InChI=1S/C14H25NO4/c1-10-8-6-5-7-9-14(10,11(16)17)15-12(18)19-13(2,3)4/h10H,5-9H2,1-4H3,(H,15,18)(H,16,17). The van der Waals surface area contributed by atoms with E-state index in [4.69, 9.17) is 4.74 Å². The lowest BCUT2D eigenvalue weighted by molar-refractivity contribution is -0.147. The van der Waals surface area contributed by atoms with E-state index in [1.54, 1.807) is 20.8 Å². The summed E-state index contributed by atoms with van der Waals surface area (Å²) in [5, 5.41) is 12.2. The molecule has 1 aliphatic rings. The van der Waals surface area contributed by atoms with Crippen LogP contribution in [0.2, 0.25) is 0 Å². The quantitative estimate of drug-likeness (QED) is 0.757. The molecule has 1 aliphatic carbocycles. The molecule has 0 radical (unpaired) electrons. The molecule has 0 aromatic carbocycles. The fourth-order valence-electron chi connectivity index (χ4n) is 2.57. The summed E-state index contributed by atoms with van der Waals surface area (Å²) in [6.45, 7) is 7.17. The molecular formula is C14H25NO4. The molecule has 0 aromatic rings. The molecule has 1 fully saturated rings. The molecule has 0 bridgehead atoms. The van der Waals surface area contributed by atoms with Crippen LogP contribution in [-0.4, -0.2) is 28.3 Å². The zero-order chi connectivity index (χ0) is 14.7. The lowest BCUT2D eigenvalue weighted by atomic mass is 9.81. The van der Waals surface area contributed by atoms with Gasteiger partial charge in [0.15, 0.2) is 0 Å². The van der Waals surface area contributed by atoms with Gasteiger partial charge in [0, 0.05) is 0 Å². The van der Waals surface area contributed by atoms with E-state index in [9.17, 15) is 14.7 Å². The van der Waals surface area contributed by atoms with Gasteiger partial charge in [-0.15, -0.1) is 0 Å². The first-order valence-electron chi connectivity index (χ1n) is 6.92. The second kappa shape index (κ2) is 5.80. The molecule has 2 atom stereocenters. The number of hydrogen-bond donors (Lipinski definition) is 2. The summed E-state index contributed by atoms with van der Waals surface area (Å²) in [7, 11) is 0. The number of carboxylic acids is 1. The summed E-state index contributed by atoms with van der Waals surface area (Å²) < 4.78 is 5.19. The van der Waals surface area contributed by atoms with E-state index >= 15 is 0 Å². The molecule has 0 spiro atoms. The maximum atomic E-state index is 11.9. The number of ether oxygens (including phenoxy) is 1. The lowest BCUT2D eigenvalue weighted by Gasteiger charge is -2.35. The fraction of sp³-hybridized carbons (Fsp3) is 0.857. The van der Waals surface area contributed by atoms with Crippen molar-refractivity contribution in [2.45, 2.75) is 70.9 Å². The molecule has 110 valence electrons. The van der Waals surface area contributed by atoms with Gasteiger partial charge < -0.3 is 15.2 Å². The van der Waals surface area contributed by atoms with Gasteiger partial charge in [-0.05, 0) is 39.5 Å². The van der Waals surface area contributed by atoms with Gasteiger partial charge in [0.25, 0.3) is 0 Å². The zero-order valence-corrected chi connectivity index (χ0v) is 12.3. The Kier molecular flexibility index (Phi) is 4.82. The zero-order valence-electron chi connectivity index (χ0n) is 12.3. The van der Waals surface area contributed by atoms with Crippen LogP contribution in [0.15, 0.2) is 0 Å².